The van der Waals surface area contributed by atoms with Gasteiger partial charge in [-0.05, 0) is 29.3 Å². The predicted molar refractivity (Wildman–Crippen MR) is 107 cm³/mol. The van der Waals surface area contributed by atoms with Gasteiger partial charge < -0.3 is 14.7 Å². The molecule has 0 aliphatic rings. The molecule has 0 aliphatic heterocycles. The molecule has 1 N–H and O–H groups in total. The molecule has 0 radical (unpaired) electrons. The molecule has 1 aromatic heterocycles. The highest BCUT2D eigenvalue weighted by Crippen LogP contribution is 2.43. The van der Waals surface area contributed by atoms with Crippen molar-refractivity contribution in [3.8, 4) is 15.5 Å². The molecule has 1 heterocycles. The molecule has 0 fully saturated rings. The van der Waals surface area contributed by atoms with Crippen LogP contribution in [0.25, 0.3) is 10.4 Å². The number of thiophene rings is 1. The predicted octanol–water partition coefficient (Wildman–Crippen LogP) is 5.68. The smallest absolute Gasteiger partial charge is 0.449 e. The lowest BCUT2D eigenvalue weighted by atomic mass is 10.1. The fourth-order valence-electron chi connectivity index (χ4n) is 2.63. The first-order chi connectivity index (χ1) is 12.9. The van der Waals surface area contributed by atoms with Crippen LogP contribution in [0.2, 0.25) is 5.02 Å². The molecule has 0 atom stereocenters. The van der Waals surface area contributed by atoms with Crippen LogP contribution in [-0.4, -0.2) is 17.2 Å². The highest BCUT2D eigenvalue weighted by atomic mass is 35.5. The summed E-state index contributed by atoms with van der Waals surface area (Å²) in [4.78, 5) is 25.7. The molecule has 3 aromatic rings. The van der Waals surface area contributed by atoms with E-state index in [9.17, 15) is 9.59 Å². The monoisotopic (exact) mass is 401 g/mol. The van der Waals surface area contributed by atoms with Crippen molar-refractivity contribution in [3.63, 3.8) is 0 Å². The zero-order valence-electron chi connectivity index (χ0n) is 14.4. The van der Waals surface area contributed by atoms with Gasteiger partial charge in [-0.15, -0.1) is 0 Å². The van der Waals surface area contributed by atoms with Gasteiger partial charge in [0.25, 0.3) is 0 Å². The number of anilines is 1. The Kier molecular flexibility index (Phi) is 5.78. The van der Waals surface area contributed by atoms with Gasteiger partial charge in [-0.2, -0.15) is 0 Å². The standard InChI is InChI=1S/C20H16ClNO4S/c1-13(23)22(12-14-6-5-9-16(21)10-14)17-11-18(15-7-3-2-4-8-15)27-19(17)26-20(24)25/h2-11H,12H2,1H3,(H,24,25). The Labute approximate surface area is 165 Å². The molecule has 138 valence electrons. The second-order valence-corrected chi connectivity index (χ2v) is 7.20. The highest BCUT2D eigenvalue weighted by molar-refractivity contribution is 7.18. The third-order valence-electron chi connectivity index (χ3n) is 3.82. The zero-order chi connectivity index (χ0) is 19.4. The molecule has 0 unspecified atom stereocenters. The number of amides is 1. The molecule has 0 spiro atoms. The highest BCUT2D eigenvalue weighted by Gasteiger charge is 2.23. The van der Waals surface area contributed by atoms with Crippen LogP contribution < -0.4 is 9.64 Å². The van der Waals surface area contributed by atoms with Crippen molar-refractivity contribution >= 4 is 40.7 Å². The van der Waals surface area contributed by atoms with Gasteiger partial charge in [-0.3, -0.25) is 4.79 Å². The first kappa shape index (κ1) is 18.9. The van der Waals surface area contributed by atoms with Gasteiger partial charge in [0.15, 0.2) is 0 Å². The topological polar surface area (TPSA) is 66.8 Å². The van der Waals surface area contributed by atoms with E-state index in [1.807, 2.05) is 36.4 Å². The molecule has 3 rings (SSSR count). The van der Waals surface area contributed by atoms with Crippen molar-refractivity contribution in [2.75, 3.05) is 4.90 Å². The van der Waals surface area contributed by atoms with Crippen LogP contribution in [0.1, 0.15) is 12.5 Å². The first-order valence-electron chi connectivity index (χ1n) is 8.06. The van der Waals surface area contributed by atoms with Crippen LogP contribution >= 0.6 is 22.9 Å². The number of hydrogen-bond acceptors (Lipinski definition) is 4. The summed E-state index contributed by atoms with van der Waals surface area (Å²) in [5, 5.41) is 9.80. The van der Waals surface area contributed by atoms with Crippen LogP contribution in [-0.2, 0) is 11.3 Å². The second kappa shape index (κ2) is 8.24. The largest absolute Gasteiger partial charge is 0.512 e. The van der Waals surface area contributed by atoms with E-state index in [2.05, 4.69) is 0 Å². The molecule has 0 bridgehead atoms. The van der Waals surface area contributed by atoms with Gasteiger partial charge in [0.2, 0.25) is 11.0 Å². The Hall–Kier alpha value is -2.83. The number of carbonyl (C=O) groups excluding carboxylic acids is 1. The minimum absolute atomic E-state index is 0.151. The van der Waals surface area contributed by atoms with Gasteiger partial charge in [0, 0.05) is 16.8 Å². The molecular formula is C20H16ClNO4S. The van der Waals surface area contributed by atoms with Gasteiger partial charge in [0.05, 0.1) is 12.2 Å². The number of ether oxygens (including phenoxy) is 1. The number of rotatable bonds is 5. The van der Waals surface area contributed by atoms with Crippen molar-refractivity contribution in [1.29, 1.82) is 0 Å². The maximum Gasteiger partial charge on any atom is 0.512 e. The fourth-order valence-corrected chi connectivity index (χ4v) is 3.86. The summed E-state index contributed by atoms with van der Waals surface area (Å²) in [5.74, 6) is -0.234. The third-order valence-corrected chi connectivity index (χ3v) is 5.10. The Balaban J connectivity index is 2.03. The van der Waals surface area contributed by atoms with E-state index >= 15 is 0 Å². The molecule has 0 saturated carbocycles. The number of benzene rings is 2. The zero-order valence-corrected chi connectivity index (χ0v) is 16.0. The first-order valence-corrected chi connectivity index (χ1v) is 9.26. The lowest BCUT2D eigenvalue weighted by Gasteiger charge is -2.21. The van der Waals surface area contributed by atoms with E-state index in [-0.39, 0.29) is 17.5 Å². The van der Waals surface area contributed by atoms with Gasteiger partial charge in [0.1, 0.15) is 0 Å². The van der Waals surface area contributed by atoms with E-state index in [1.165, 1.54) is 23.2 Å². The average molecular weight is 402 g/mol. The lowest BCUT2D eigenvalue weighted by molar-refractivity contribution is -0.116. The van der Waals surface area contributed by atoms with Gasteiger partial charge in [-0.1, -0.05) is 65.4 Å². The normalized spacial score (nSPS) is 10.4. The SMILES string of the molecule is CC(=O)N(Cc1cccc(Cl)c1)c1cc(-c2ccccc2)sc1OC(=O)O. The van der Waals surface area contributed by atoms with E-state index in [4.69, 9.17) is 21.4 Å². The molecule has 2 aromatic carbocycles. The van der Waals surface area contributed by atoms with Crippen LogP contribution in [0.15, 0.2) is 60.7 Å². The molecule has 7 heteroatoms. The van der Waals surface area contributed by atoms with Gasteiger partial charge in [-0.25, -0.2) is 4.79 Å². The summed E-state index contributed by atoms with van der Waals surface area (Å²) < 4.78 is 4.96. The third kappa shape index (κ3) is 4.67. The van der Waals surface area contributed by atoms with E-state index < -0.39 is 6.16 Å². The molecule has 27 heavy (non-hydrogen) atoms. The second-order valence-electron chi connectivity index (χ2n) is 5.75. The summed E-state index contributed by atoms with van der Waals surface area (Å²) in [6, 6.07) is 18.4. The van der Waals surface area contributed by atoms with Crippen molar-refractivity contribution in [2.45, 2.75) is 13.5 Å². The summed E-state index contributed by atoms with van der Waals surface area (Å²) in [6.45, 7) is 1.67. The lowest BCUT2D eigenvalue weighted by Crippen LogP contribution is -2.28. The van der Waals surface area contributed by atoms with Crippen LogP contribution in [0.3, 0.4) is 0 Å². The van der Waals surface area contributed by atoms with E-state index in [0.29, 0.717) is 10.7 Å². The molecular weight excluding hydrogens is 386 g/mol. The molecule has 5 nitrogen and oxygen atoms in total. The van der Waals surface area contributed by atoms with Crippen molar-refractivity contribution in [3.05, 3.63) is 71.2 Å². The number of carboxylic acid groups (broad SMARTS) is 1. The Morgan fingerprint density at radius 3 is 2.48 bits per heavy atom. The van der Waals surface area contributed by atoms with Crippen molar-refractivity contribution in [1.82, 2.24) is 0 Å². The summed E-state index contributed by atoms with van der Waals surface area (Å²) in [7, 11) is 0. The average Bonchev–Trinajstić information content (AvgIpc) is 3.03. The summed E-state index contributed by atoms with van der Waals surface area (Å²) >= 11 is 7.21. The minimum Gasteiger partial charge on any atom is -0.449 e. The Morgan fingerprint density at radius 1 is 1.11 bits per heavy atom. The number of nitrogens with zero attached hydrogens (tertiary/aromatic N) is 1. The van der Waals surface area contributed by atoms with Gasteiger partial charge >= 0.3 is 6.16 Å². The maximum absolute atomic E-state index is 12.3. The molecule has 0 saturated heterocycles. The number of carbonyl (C=O) groups is 2. The molecule has 1 amide bonds. The van der Waals surface area contributed by atoms with Crippen LogP contribution in [0.4, 0.5) is 10.5 Å². The number of hydrogen-bond donors (Lipinski definition) is 1. The van der Waals surface area contributed by atoms with E-state index in [1.54, 1.807) is 24.3 Å². The van der Waals surface area contributed by atoms with Crippen molar-refractivity contribution in [2.24, 2.45) is 0 Å². The Bertz CT molecular complexity index is 971. The molecule has 0 aliphatic carbocycles. The van der Waals surface area contributed by atoms with Crippen molar-refractivity contribution < 1.29 is 19.4 Å². The minimum atomic E-state index is -1.43. The fraction of sp³-hybridized carbons (Fsp3) is 0.100. The summed E-state index contributed by atoms with van der Waals surface area (Å²) in [6.07, 6.45) is -1.43. The van der Waals surface area contributed by atoms with Crippen LogP contribution in [0.5, 0.6) is 5.06 Å². The van der Waals surface area contributed by atoms with Crippen LogP contribution in [0, 0.1) is 0 Å². The van der Waals surface area contributed by atoms with E-state index in [0.717, 1.165) is 16.0 Å². The number of halogens is 1. The Morgan fingerprint density at radius 2 is 1.85 bits per heavy atom. The summed E-state index contributed by atoms with van der Waals surface area (Å²) in [5.41, 5.74) is 2.15. The quantitative estimate of drug-likeness (QED) is 0.558. The maximum atomic E-state index is 12.3.